The third-order valence-corrected chi connectivity index (χ3v) is 29.8. The molecule has 0 radical (unpaired) electrons. The number of rotatable bonds is 18. The van der Waals surface area contributed by atoms with Crippen LogP contribution < -0.4 is 29.4 Å². The Morgan fingerprint density at radius 3 is 0.764 bits per heavy atom. The molecule has 710 valence electrons. The molecule has 0 fully saturated rings. The summed E-state index contributed by atoms with van der Waals surface area (Å²) in [6.45, 7) is 14.1. The van der Waals surface area contributed by atoms with Gasteiger partial charge in [0.15, 0.2) is 0 Å². The van der Waals surface area contributed by atoms with E-state index in [0.29, 0.717) is 0 Å². The molecular weight excluding hydrogens is 1800 g/mol. The number of para-hydroxylation sites is 8. The van der Waals surface area contributed by atoms with Crippen LogP contribution in [0.3, 0.4) is 0 Å². The molecule has 0 unspecified atom stereocenters. The summed E-state index contributed by atoms with van der Waals surface area (Å²) in [6.07, 6.45) is 7.41. The van der Waals surface area contributed by atoms with Crippen LogP contribution in [0.25, 0.3) is 83.1 Å². The van der Waals surface area contributed by atoms with Gasteiger partial charge in [0.25, 0.3) is 0 Å². The van der Waals surface area contributed by atoms with Crippen molar-refractivity contribution in [1.29, 1.82) is 0 Å². The van der Waals surface area contributed by atoms with Crippen LogP contribution in [0.15, 0.2) is 553 Å². The molecule has 0 aliphatic carbocycles. The molecule has 3 aliphatic heterocycles. The Balaban J connectivity index is 0.000000119. The van der Waals surface area contributed by atoms with E-state index in [9.17, 15) is 0 Å². The average Bonchev–Trinajstić information content (AvgIpc) is 0.862. The molecule has 9 nitrogen and oxygen atoms in total. The highest BCUT2D eigenvalue weighted by molar-refractivity contribution is 6.11. The SMILES string of the molecule is CC1(C)c2ccccc2N(c2ccccc2)c2cc(N(c3ccc(-c4ccccc4)cc3)c3ccc(-c4cccnc4)cc3)ccc21.CC1(C)c2ccccc2N(c2ccccc2)c2cc(N(c3ccc(-c4ccccc4)cc3)c3ccc(-c4ccncc4)cc3)ccc21.CC1(C)c2ccccc2N(c2ccccc2)c2cc(N(c3ccc(-c4ccccc4)cc3)c3ccc4c(c3)c3ccccc3n4-c3ccccc3)ccc21. The fourth-order valence-corrected chi connectivity index (χ4v) is 22.4. The third-order valence-electron chi connectivity index (χ3n) is 29.8. The molecule has 0 saturated carbocycles. The van der Waals surface area contributed by atoms with E-state index in [1.807, 2.05) is 30.9 Å². The Morgan fingerprint density at radius 1 is 0.169 bits per heavy atom. The molecule has 3 aliphatic rings. The maximum Gasteiger partial charge on any atom is 0.0542 e. The molecule has 0 bridgehead atoms. The van der Waals surface area contributed by atoms with Crippen molar-refractivity contribution in [1.82, 2.24) is 14.5 Å². The molecule has 0 N–H and O–H groups in total. The fourth-order valence-electron chi connectivity index (χ4n) is 22.4. The lowest BCUT2D eigenvalue weighted by Gasteiger charge is -2.42. The number of benzene rings is 20. The quantitative estimate of drug-likeness (QED) is 0.0842. The Hall–Kier alpha value is -18.7. The van der Waals surface area contributed by atoms with Gasteiger partial charge in [-0.05, 0) is 295 Å². The zero-order valence-corrected chi connectivity index (χ0v) is 83.6. The van der Waals surface area contributed by atoms with E-state index in [1.54, 1.807) is 0 Å². The minimum Gasteiger partial charge on any atom is -0.310 e. The normalized spacial score (nSPS) is 13.1. The summed E-state index contributed by atoms with van der Waals surface area (Å²) in [7, 11) is 0. The maximum absolute atomic E-state index is 4.33. The lowest BCUT2D eigenvalue weighted by atomic mass is 9.73. The highest BCUT2D eigenvalue weighted by Gasteiger charge is 2.42. The smallest absolute Gasteiger partial charge is 0.0542 e. The van der Waals surface area contributed by atoms with Crippen molar-refractivity contribution in [3.8, 4) is 61.3 Å². The van der Waals surface area contributed by atoms with Crippen molar-refractivity contribution in [3.05, 3.63) is 586 Å². The summed E-state index contributed by atoms with van der Waals surface area (Å²) in [5.41, 5.74) is 43.2. The number of fused-ring (bicyclic) bond motifs is 9. The molecular formula is C139H109N9. The molecule has 6 heterocycles. The van der Waals surface area contributed by atoms with Crippen LogP contribution >= 0.6 is 0 Å². The summed E-state index contributed by atoms with van der Waals surface area (Å²) >= 11 is 0. The number of anilines is 18. The van der Waals surface area contributed by atoms with Crippen LogP contribution in [0.4, 0.5) is 102 Å². The molecule has 148 heavy (non-hydrogen) atoms. The Morgan fingerprint density at radius 2 is 0.419 bits per heavy atom. The van der Waals surface area contributed by atoms with Crippen LogP contribution in [-0.2, 0) is 16.2 Å². The van der Waals surface area contributed by atoms with Gasteiger partial charge in [-0.3, -0.25) is 9.97 Å². The predicted molar refractivity (Wildman–Crippen MR) is 621 cm³/mol. The largest absolute Gasteiger partial charge is 0.310 e. The van der Waals surface area contributed by atoms with Crippen LogP contribution in [0, 0.1) is 0 Å². The minimum absolute atomic E-state index is 0.163. The van der Waals surface area contributed by atoms with Crippen molar-refractivity contribution < 1.29 is 0 Å². The van der Waals surface area contributed by atoms with Gasteiger partial charge in [-0.2, -0.15) is 0 Å². The monoisotopic (exact) mass is 1900 g/mol. The summed E-state index contributed by atoms with van der Waals surface area (Å²) in [5, 5.41) is 2.45. The van der Waals surface area contributed by atoms with Gasteiger partial charge in [-0.25, -0.2) is 0 Å². The second kappa shape index (κ2) is 39.2. The minimum atomic E-state index is -0.184. The van der Waals surface area contributed by atoms with Crippen molar-refractivity contribution in [2.45, 2.75) is 57.8 Å². The van der Waals surface area contributed by atoms with Crippen molar-refractivity contribution in [3.63, 3.8) is 0 Å². The predicted octanol–water partition coefficient (Wildman–Crippen LogP) is 38.0. The van der Waals surface area contributed by atoms with Crippen molar-refractivity contribution in [2.75, 3.05) is 29.4 Å². The van der Waals surface area contributed by atoms with Crippen LogP contribution in [0.2, 0.25) is 0 Å². The van der Waals surface area contributed by atoms with E-state index >= 15 is 0 Å². The van der Waals surface area contributed by atoms with Crippen molar-refractivity contribution >= 4 is 124 Å². The zero-order valence-electron chi connectivity index (χ0n) is 83.6. The van der Waals surface area contributed by atoms with Gasteiger partial charge in [-0.15, -0.1) is 0 Å². The van der Waals surface area contributed by atoms with E-state index in [2.05, 4.69) is 607 Å². The van der Waals surface area contributed by atoms with Crippen molar-refractivity contribution in [2.24, 2.45) is 0 Å². The number of aromatic nitrogens is 3. The molecule has 9 heteroatoms. The Kier molecular flexibility index (Phi) is 24.3. The van der Waals surface area contributed by atoms with Gasteiger partial charge in [0.2, 0.25) is 0 Å². The van der Waals surface area contributed by atoms with E-state index < -0.39 is 0 Å². The molecule has 0 saturated heterocycles. The lowest BCUT2D eigenvalue weighted by molar-refractivity contribution is 0.632. The second-order valence-corrected chi connectivity index (χ2v) is 39.7. The first-order valence-corrected chi connectivity index (χ1v) is 51.0. The third kappa shape index (κ3) is 17.2. The van der Waals surface area contributed by atoms with Gasteiger partial charge in [0.1, 0.15) is 0 Å². The van der Waals surface area contributed by atoms with Crippen LogP contribution in [-0.4, -0.2) is 14.5 Å². The zero-order chi connectivity index (χ0) is 99.8. The highest BCUT2D eigenvalue weighted by Crippen LogP contribution is 2.59. The van der Waals surface area contributed by atoms with E-state index in [1.165, 1.54) is 123 Å². The van der Waals surface area contributed by atoms with Gasteiger partial charge in [-0.1, -0.05) is 363 Å². The Labute approximate surface area is 867 Å². The number of hydrogen-bond donors (Lipinski definition) is 0. The number of nitrogens with zero attached hydrogens (tertiary/aromatic N) is 9. The van der Waals surface area contributed by atoms with Gasteiger partial charge in [0.05, 0.1) is 45.2 Å². The molecule has 3 aromatic heterocycles. The second-order valence-electron chi connectivity index (χ2n) is 39.7. The van der Waals surface area contributed by atoms with Gasteiger partial charge < -0.3 is 34.0 Å². The standard InChI is InChI=1S/C51H39N3.2C44H35N3/c1-51(2)45-23-13-15-25-49(45)54(39-20-10-5-11-21-39)50-35-42(30-32-46(50)51)52(40-28-26-37(27-29-40)36-16-6-3-7-17-36)41-31-33-48-44(34-41)43-22-12-14-24-47(43)53(48)38-18-8-4-9-19-38;1-44(2)40-17-9-10-18-42(40)47(36-15-7-4-8-16-36)43-30-39(27-28-41(43)44)46(37-23-19-33(20-24-37)32-12-5-3-6-13-32)38-25-21-34(22-26-38)35-14-11-29-45-31-35;1-44(2)40-15-9-10-16-42(40)47(36-13-7-4-8-14-36)43-31-39(25-26-41(43)44)46(37-21-17-33(18-22-37)32-11-5-3-6-12-32)38-23-19-34(20-24-38)35-27-29-45-30-28-35/h3-35H,1-2H3;2*3-31H,1-2H3. The highest BCUT2D eigenvalue weighted by atomic mass is 15.2. The topological polar surface area (TPSA) is 50.2 Å². The van der Waals surface area contributed by atoms with E-state index in [4.69, 9.17) is 0 Å². The van der Waals surface area contributed by atoms with Gasteiger partial charge >= 0.3 is 0 Å². The van der Waals surface area contributed by atoms with Gasteiger partial charge in [0, 0.05) is 126 Å². The number of pyridine rings is 2. The maximum atomic E-state index is 4.33. The molecule has 0 spiro atoms. The molecule has 23 aromatic rings. The fraction of sp³-hybridized carbons (Fsp3) is 0.0647. The molecule has 20 aromatic carbocycles. The van der Waals surface area contributed by atoms with Crippen LogP contribution in [0.1, 0.15) is 74.9 Å². The summed E-state index contributed by atoms with van der Waals surface area (Å²) in [5.74, 6) is 0. The van der Waals surface area contributed by atoms with E-state index in [-0.39, 0.29) is 16.2 Å². The molecule has 26 rings (SSSR count). The first-order valence-electron chi connectivity index (χ1n) is 51.0. The van der Waals surface area contributed by atoms with Crippen LogP contribution in [0.5, 0.6) is 0 Å². The number of hydrogen-bond acceptors (Lipinski definition) is 8. The summed E-state index contributed by atoms with van der Waals surface area (Å²) < 4.78 is 2.38. The molecule has 0 amide bonds. The first-order chi connectivity index (χ1) is 72.7. The summed E-state index contributed by atoms with van der Waals surface area (Å²) in [6, 6.07) is 190. The average molecular weight is 1910 g/mol. The summed E-state index contributed by atoms with van der Waals surface area (Å²) in [4.78, 5) is 22.9. The lowest BCUT2D eigenvalue weighted by Crippen LogP contribution is -2.30. The molecule has 0 atom stereocenters. The Bertz CT molecular complexity index is 8190. The first kappa shape index (κ1) is 91.8. The van der Waals surface area contributed by atoms with E-state index in [0.717, 1.165) is 96.2 Å².